The lowest BCUT2D eigenvalue weighted by atomic mass is 9.84. The summed E-state index contributed by atoms with van der Waals surface area (Å²) in [5, 5.41) is 3.43. The molecule has 0 unspecified atom stereocenters. The summed E-state index contributed by atoms with van der Waals surface area (Å²) in [5.74, 6) is 0.558. The lowest BCUT2D eigenvalue weighted by Crippen LogP contribution is -2.52. The van der Waals surface area contributed by atoms with Gasteiger partial charge in [-0.3, -0.25) is 9.59 Å². The smallest absolute Gasteiger partial charge is 0.409 e. The van der Waals surface area contributed by atoms with Crippen molar-refractivity contribution in [1.82, 2.24) is 19.7 Å². The first kappa shape index (κ1) is 18.0. The number of nitrogens with one attached hydrogen (secondary N) is 1. The van der Waals surface area contributed by atoms with Crippen LogP contribution in [0.4, 0.5) is 4.79 Å². The van der Waals surface area contributed by atoms with Gasteiger partial charge in [0.1, 0.15) is 5.56 Å². The summed E-state index contributed by atoms with van der Waals surface area (Å²) in [6, 6.07) is 3.63. The number of hydrogen-bond donors (Lipinski definition) is 1. The number of amides is 2. The Morgan fingerprint density at radius 3 is 2.63 bits per heavy atom. The van der Waals surface area contributed by atoms with Gasteiger partial charge in [-0.15, -0.1) is 0 Å². The maximum atomic E-state index is 13.0. The predicted molar refractivity (Wildman–Crippen MR) is 98.9 cm³/mol. The first-order valence-electron chi connectivity index (χ1n) is 9.74. The minimum absolute atomic E-state index is 0.179. The number of carbonyl (C=O) groups is 2. The molecular weight excluding hydrogens is 348 g/mol. The van der Waals surface area contributed by atoms with Crippen LogP contribution < -0.4 is 10.9 Å². The summed E-state index contributed by atoms with van der Waals surface area (Å²) in [7, 11) is 0. The summed E-state index contributed by atoms with van der Waals surface area (Å²) < 4.78 is 6.81. The quantitative estimate of drug-likeness (QED) is 0.814. The van der Waals surface area contributed by atoms with Crippen LogP contribution >= 0.6 is 0 Å². The van der Waals surface area contributed by atoms with Crippen molar-refractivity contribution in [2.75, 3.05) is 45.9 Å². The standard InChI is InChI=1S/C19H26N4O4/c1-2-27-19(26)22-7-5-21(6-8-22)17(24)15-3-4-16-14-9-13(10-20-11-14)12-23(16)18(15)25/h3-4,13-14,20H,2,5-12H2,1H3/t13-,14+/m0/s1. The maximum Gasteiger partial charge on any atom is 0.409 e. The largest absolute Gasteiger partial charge is 0.450 e. The average molecular weight is 374 g/mol. The molecule has 2 atom stereocenters. The van der Waals surface area contributed by atoms with Crippen molar-refractivity contribution in [2.24, 2.45) is 5.92 Å². The molecule has 1 aromatic heterocycles. The van der Waals surface area contributed by atoms with E-state index < -0.39 is 0 Å². The number of ether oxygens (including phenoxy) is 1. The van der Waals surface area contributed by atoms with Gasteiger partial charge in [-0.05, 0) is 37.9 Å². The Labute approximate surface area is 158 Å². The minimum Gasteiger partial charge on any atom is -0.450 e. The summed E-state index contributed by atoms with van der Waals surface area (Å²) in [6.45, 7) is 6.26. The van der Waals surface area contributed by atoms with E-state index in [0.717, 1.165) is 25.2 Å². The van der Waals surface area contributed by atoms with Gasteiger partial charge in [-0.25, -0.2) is 4.79 Å². The zero-order valence-corrected chi connectivity index (χ0v) is 15.6. The van der Waals surface area contributed by atoms with Crippen LogP contribution in [0.1, 0.15) is 35.3 Å². The molecule has 27 heavy (non-hydrogen) atoms. The molecule has 8 heteroatoms. The number of rotatable bonds is 2. The SMILES string of the molecule is CCOC(=O)N1CCN(C(=O)c2ccc3n(c2=O)C[C@@H]2CNC[C@H]3C2)CC1. The molecule has 4 rings (SSSR count). The Morgan fingerprint density at radius 2 is 1.89 bits per heavy atom. The molecule has 2 amide bonds. The number of hydrogen-bond acceptors (Lipinski definition) is 5. The Bertz CT molecular complexity index is 797. The van der Waals surface area contributed by atoms with Crippen molar-refractivity contribution >= 4 is 12.0 Å². The fourth-order valence-corrected chi connectivity index (χ4v) is 4.43. The highest BCUT2D eigenvalue weighted by atomic mass is 16.6. The van der Waals surface area contributed by atoms with Crippen molar-refractivity contribution in [1.29, 1.82) is 0 Å². The van der Waals surface area contributed by atoms with Crippen molar-refractivity contribution in [3.05, 3.63) is 33.7 Å². The Morgan fingerprint density at radius 1 is 1.15 bits per heavy atom. The highest BCUT2D eigenvalue weighted by Crippen LogP contribution is 2.31. The minimum atomic E-state index is -0.349. The van der Waals surface area contributed by atoms with Gasteiger partial charge in [-0.1, -0.05) is 0 Å². The van der Waals surface area contributed by atoms with Crippen LogP contribution in [0.2, 0.25) is 0 Å². The molecule has 3 aliphatic rings. The van der Waals surface area contributed by atoms with Crippen LogP contribution in [-0.2, 0) is 11.3 Å². The number of piperazine rings is 1. The van der Waals surface area contributed by atoms with Crippen molar-refractivity contribution in [3.8, 4) is 0 Å². The van der Waals surface area contributed by atoms with E-state index >= 15 is 0 Å². The first-order valence-corrected chi connectivity index (χ1v) is 9.74. The topological polar surface area (TPSA) is 83.9 Å². The predicted octanol–water partition coefficient (Wildman–Crippen LogP) is 0.469. The van der Waals surface area contributed by atoms with Gasteiger partial charge in [0.25, 0.3) is 11.5 Å². The number of carbonyl (C=O) groups excluding carboxylic acids is 2. The zero-order valence-electron chi connectivity index (χ0n) is 15.6. The zero-order chi connectivity index (χ0) is 19.0. The molecule has 146 valence electrons. The molecule has 0 radical (unpaired) electrons. The molecule has 1 aromatic rings. The van der Waals surface area contributed by atoms with E-state index in [1.165, 1.54) is 0 Å². The first-order chi connectivity index (χ1) is 13.1. The fraction of sp³-hybridized carbons (Fsp3) is 0.632. The van der Waals surface area contributed by atoms with Crippen LogP contribution in [0, 0.1) is 5.92 Å². The number of nitrogens with zero attached hydrogens (tertiary/aromatic N) is 3. The van der Waals surface area contributed by atoms with Crippen LogP contribution in [0.3, 0.4) is 0 Å². The molecule has 3 aliphatic heterocycles. The number of aromatic nitrogens is 1. The summed E-state index contributed by atoms with van der Waals surface area (Å²) in [6.07, 6.45) is 0.758. The third kappa shape index (κ3) is 3.34. The molecule has 2 saturated heterocycles. The van der Waals surface area contributed by atoms with Crippen LogP contribution in [0.5, 0.6) is 0 Å². The maximum absolute atomic E-state index is 13.0. The normalized spacial score (nSPS) is 24.3. The summed E-state index contributed by atoms with van der Waals surface area (Å²) in [5.41, 5.74) is 1.09. The second-order valence-corrected chi connectivity index (χ2v) is 7.52. The van der Waals surface area contributed by atoms with E-state index in [0.29, 0.717) is 51.2 Å². The third-order valence-electron chi connectivity index (χ3n) is 5.83. The van der Waals surface area contributed by atoms with Gasteiger partial charge in [0.15, 0.2) is 0 Å². The Kier molecular flexibility index (Phi) is 4.90. The van der Waals surface area contributed by atoms with Crippen LogP contribution in [0.15, 0.2) is 16.9 Å². The van der Waals surface area contributed by atoms with Crippen LogP contribution in [-0.4, -0.2) is 72.2 Å². The monoisotopic (exact) mass is 374 g/mol. The van der Waals surface area contributed by atoms with E-state index in [-0.39, 0.29) is 23.1 Å². The van der Waals surface area contributed by atoms with E-state index in [1.807, 2.05) is 10.6 Å². The number of fused-ring (bicyclic) bond motifs is 4. The number of pyridine rings is 1. The molecule has 0 aliphatic carbocycles. The van der Waals surface area contributed by atoms with E-state index in [4.69, 9.17) is 4.74 Å². The Hall–Kier alpha value is -2.35. The van der Waals surface area contributed by atoms with Gasteiger partial charge in [-0.2, -0.15) is 0 Å². The molecule has 2 fully saturated rings. The molecule has 0 aromatic carbocycles. The summed E-state index contributed by atoms with van der Waals surface area (Å²) >= 11 is 0. The highest BCUT2D eigenvalue weighted by Gasteiger charge is 2.33. The molecule has 2 bridgehead atoms. The summed E-state index contributed by atoms with van der Waals surface area (Å²) in [4.78, 5) is 41.0. The molecular formula is C19H26N4O4. The lowest BCUT2D eigenvalue weighted by Gasteiger charge is -2.38. The van der Waals surface area contributed by atoms with E-state index in [9.17, 15) is 14.4 Å². The van der Waals surface area contributed by atoms with Crippen LogP contribution in [0.25, 0.3) is 0 Å². The van der Waals surface area contributed by atoms with Gasteiger partial charge in [0.05, 0.1) is 6.61 Å². The van der Waals surface area contributed by atoms with Gasteiger partial charge >= 0.3 is 6.09 Å². The highest BCUT2D eigenvalue weighted by molar-refractivity contribution is 5.94. The lowest BCUT2D eigenvalue weighted by molar-refractivity contribution is 0.0568. The van der Waals surface area contributed by atoms with Crippen molar-refractivity contribution in [3.63, 3.8) is 0 Å². The van der Waals surface area contributed by atoms with Gasteiger partial charge in [0, 0.05) is 50.9 Å². The van der Waals surface area contributed by atoms with E-state index in [2.05, 4.69) is 5.32 Å². The number of piperidine rings is 1. The molecule has 4 heterocycles. The van der Waals surface area contributed by atoms with E-state index in [1.54, 1.807) is 22.8 Å². The van der Waals surface area contributed by atoms with Gasteiger partial charge in [0.2, 0.25) is 0 Å². The molecule has 0 spiro atoms. The second-order valence-electron chi connectivity index (χ2n) is 7.52. The second kappa shape index (κ2) is 7.34. The van der Waals surface area contributed by atoms with Crippen molar-refractivity contribution in [2.45, 2.75) is 25.8 Å². The molecule has 0 saturated carbocycles. The van der Waals surface area contributed by atoms with Gasteiger partial charge < -0.3 is 24.4 Å². The fourth-order valence-electron chi connectivity index (χ4n) is 4.43. The Balaban J connectivity index is 1.50. The molecule has 8 nitrogen and oxygen atoms in total. The molecule has 1 N–H and O–H groups in total. The third-order valence-corrected chi connectivity index (χ3v) is 5.83. The van der Waals surface area contributed by atoms with Crippen molar-refractivity contribution < 1.29 is 14.3 Å². The average Bonchev–Trinajstić information content (AvgIpc) is 2.69.